The van der Waals surface area contributed by atoms with E-state index in [1.807, 2.05) is 0 Å². The lowest BCUT2D eigenvalue weighted by molar-refractivity contribution is -0.137. The fourth-order valence-electron chi connectivity index (χ4n) is 3.24. The Kier molecular flexibility index (Phi) is 5.21. The van der Waals surface area contributed by atoms with Crippen LogP contribution in [-0.4, -0.2) is 29.8 Å². The number of carbonyl (C=O) groups excluding carboxylic acids is 3. The van der Waals surface area contributed by atoms with Crippen LogP contribution in [0.5, 0.6) is 0 Å². The second kappa shape index (κ2) is 7.25. The predicted molar refractivity (Wildman–Crippen MR) is 98.9 cm³/mol. The van der Waals surface area contributed by atoms with Crippen LogP contribution in [0.4, 0.5) is 5.69 Å². The van der Waals surface area contributed by atoms with E-state index in [1.165, 1.54) is 6.08 Å². The number of fused-ring (bicyclic) bond motifs is 1. The third-order valence-electron chi connectivity index (χ3n) is 4.50. The summed E-state index contributed by atoms with van der Waals surface area (Å²) in [5, 5.41) is -0.869. The molecule has 0 spiro atoms. The quantitative estimate of drug-likeness (QED) is 0.339. The van der Waals surface area contributed by atoms with E-state index in [2.05, 4.69) is 0 Å². The Morgan fingerprint density at radius 3 is 2.69 bits per heavy atom. The lowest BCUT2D eigenvalue weighted by atomic mass is 9.71. The van der Waals surface area contributed by atoms with Gasteiger partial charge in [0.25, 0.3) is 5.91 Å². The molecule has 26 heavy (non-hydrogen) atoms. The topological polar surface area (TPSA) is 63.7 Å². The van der Waals surface area contributed by atoms with Crippen molar-refractivity contribution >= 4 is 46.7 Å². The Hall–Kier alpha value is -2.11. The standard InChI is InChI=1S/C19H17Cl2NO4/c1-2-26-17(24)14(20)11-19-10-12(8-9-15(19)21)16(23)22(18(19)25)13-6-4-3-5-7-13/h3-7,10-11,15H,2,8-9H2,1H3. The van der Waals surface area contributed by atoms with E-state index in [9.17, 15) is 14.4 Å². The number of ether oxygens (including phenoxy) is 1. The average molecular weight is 394 g/mol. The van der Waals surface area contributed by atoms with Gasteiger partial charge in [-0.3, -0.25) is 9.59 Å². The monoisotopic (exact) mass is 393 g/mol. The van der Waals surface area contributed by atoms with Crippen LogP contribution in [0.25, 0.3) is 0 Å². The van der Waals surface area contributed by atoms with Gasteiger partial charge in [0.05, 0.1) is 17.7 Å². The van der Waals surface area contributed by atoms with Crippen molar-refractivity contribution < 1.29 is 19.1 Å². The van der Waals surface area contributed by atoms with Gasteiger partial charge < -0.3 is 4.74 Å². The van der Waals surface area contributed by atoms with Crippen LogP contribution >= 0.6 is 23.2 Å². The van der Waals surface area contributed by atoms with Crippen LogP contribution in [0.15, 0.2) is 53.1 Å². The Morgan fingerprint density at radius 1 is 1.35 bits per heavy atom. The van der Waals surface area contributed by atoms with Crippen molar-refractivity contribution in [3.8, 4) is 0 Å². The highest BCUT2D eigenvalue weighted by Crippen LogP contribution is 2.46. The second-order valence-corrected chi connectivity index (χ2v) is 7.04. The van der Waals surface area contributed by atoms with Crippen molar-refractivity contribution in [1.29, 1.82) is 0 Å². The highest BCUT2D eigenvalue weighted by atomic mass is 35.5. The number of amides is 2. The molecule has 0 N–H and O–H groups in total. The van der Waals surface area contributed by atoms with Crippen molar-refractivity contribution in [1.82, 2.24) is 0 Å². The first-order valence-corrected chi connectivity index (χ1v) is 9.07. The minimum atomic E-state index is -1.37. The summed E-state index contributed by atoms with van der Waals surface area (Å²) in [6, 6.07) is 8.61. The van der Waals surface area contributed by atoms with Crippen molar-refractivity contribution in [3.63, 3.8) is 0 Å². The third-order valence-corrected chi connectivity index (χ3v) is 5.34. The van der Waals surface area contributed by atoms with Gasteiger partial charge in [0, 0.05) is 5.57 Å². The summed E-state index contributed by atoms with van der Waals surface area (Å²) in [4.78, 5) is 39.1. The van der Waals surface area contributed by atoms with E-state index in [0.29, 0.717) is 24.1 Å². The van der Waals surface area contributed by atoms with Gasteiger partial charge in [-0.2, -0.15) is 0 Å². The molecule has 0 fully saturated rings. The molecule has 1 aliphatic carbocycles. The molecular formula is C19H17Cl2NO4. The summed E-state index contributed by atoms with van der Waals surface area (Å²) >= 11 is 12.6. The highest BCUT2D eigenvalue weighted by Gasteiger charge is 2.53. The SMILES string of the molecule is CCOC(=O)C(Cl)=CC12C=C(CCC1Cl)C(=O)N(c1ccccc1)C2=O. The molecule has 2 bridgehead atoms. The number of benzene rings is 1. The van der Waals surface area contributed by atoms with E-state index < -0.39 is 22.7 Å². The van der Waals surface area contributed by atoms with E-state index in [0.717, 1.165) is 4.90 Å². The number of imide groups is 1. The molecule has 2 atom stereocenters. The zero-order chi connectivity index (χ0) is 18.9. The summed E-state index contributed by atoms with van der Waals surface area (Å²) in [5.41, 5.74) is -0.443. The lowest BCUT2D eigenvalue weighted by Gasteiger charge is -2.43. The van der Waals surface area contributed by atoms with Gasteiger partial charge in [0.1, 0.15) is 10.4 Å². The number of nitrogens with zero attached hydrogens (tertiary/aromatic N) is 1. The summed E-state index contributed by atoms with van der Waals surface area (Å²) in [7, 11) is 0. The maximum atomic E-state index is 13.3. The summed E-state index contributed by atoms with van der Waals surface area (Å²) < 4.78 is 4.89. The van der Waals surface area contributed by atoms with Crippen LogP contribution in [0.2, 0.25) is 0 Å². The molecule has 1 aromatic rings. The number of anilines is 1. The molecule has 1 aliphatic heterocycles. The molecule has 0 radical (unpaired) electrons. The van der Waals surface area contributed by atoms with Gasteiger partial charge in [-0.05, 0) is 38.0 Å². The molecular weight excluding hydrogens is 377 g/mol. The van der Waals surface area contributed by atoms with E-state index in [4.69, 9.17) is 27.9 Å². The zero-order valence-corrected chi connectivity index (χ0v) is 15.6. The number of para-hydroxylation sites is 1. The number of alkyl halides is 1. The Morgan fingerprint density at radius 2 is 2.04 bits per heavy atom. The highest BCUT2D eigenvalue weighted by molar-refractivity contribution is 6.42. The maximum absolute atomic E-state index is 13.3. The molecule has 7 heteroatoms. The number of rotatable bonds is 4. The largest absolute Gasteiger partial charge is 0.462 e. The van der Waals surface area contributed by atoms with Crippen molar-refractivity contribution in [3.05, 3.63) is 53.1 Å². The van der Waals surface area contributed by atoms with Crippen LogP contribution in [0, 0.1) is 5.41 Å². The first-order chi connectivity index (χ1) is 12.4. The number of hydrogen-bond donors (Lipinski definition) is 0. The van der Waals surface area contributed by atoms with Gasteiger partial charge in [-0.15, -0.1) is 11.6 Å². The van der Waals surface area contributed by atoms with Crippen LogP contribution in [-0.2, 0) is 19.1 Å². The molecule has 1 aromatic carbocycles. The average Bonchev–Trinajstić information content (AvgIpc) is 2.63. The predicted octanol–water partition coefficient (Wildman–Crippen LogP) is 3.56. The van der Waals surface area contributed by atoms with Crippen LogP contribution < -0.4 is 4.90 Å². The molecule has 2 unspecified atom stereocenters. The summed E-state index contributed by atoms with van der Waals surface area (Å²) in [6.45, 7) is 1.81. The van der Waals surface area contributed by atoms with E-state index in [1.54, 1.807) is 43.3 Å². The van der Waals surface area contributed by atoms with Crippen molar-refractivity contribution in [2.75, 3.05) is 11.5 Å². The van der Waals surface area contributed by atoms with Crippen molar-refractivity contribution in [2.24, 2.45) is 5.41 Å². The molecule has 3 rings (SSSR count). The smallest absolute Gasteiger partial charge is 0.349 e. The molecule has 0 saturated heterocycles. The molecule has 0 saturated carbocycles. The number of hydrogen-bond acceptors (Lipinski definition) is 4. The summed E-state index contributed by atoms with van der Waals surface area (Å²) in [5.74, 6) is -1.63. The molecule has 136 valence electrons. The van der Waals surface area contributed by atoms with Gasteiger partial charge in [-0.1, -0.05) is 35.9 Å². The number of carbonyl (C=O) groups is 3. The fourth-order valence-corrected chi connectivity index (χ4v) is 3.80. The van der Waals surface area contributed by atoms with Crippen LogP contribution in [0.3, 0.4) is 0 Å². The maximum Gasteiger partial charge on any atom is 0.349 e. The van der Waals surface area contributed by atoms with Gasteiger partial charge in [0.2, 0.25) is 5.91 Å². The van der Waals surface area contributed by atoms with Crippen molar-refractivity contribution in [2.45, 2.75) is 25.1 Å². The molecule has 2 amide bonds. The minimum Gasteiger partial charge on any atom is -0.462 e. The second-order valence-electron chi connectivity index (χ2n) is 6.10. The zero-order valence-electron chi connectivity index (χ0n) is 14.1. The first-order valence-electron chi connectivity index (χ1n) is 8.26. The van der Waals surface area contributed by atoms with Gasteiger partial charge >= 0.3 is 5.97 Å². The third kappa shape index (κ3) is 3.06. The number of esters is 1. The lowest BCUT2D eigenvalue weighted by Crippen LogP contribution is -2.55. The summed E-state index contributed by atoms with van der Waals surface area (Å²) in [6.07, 6.45) is 3.74. The van der Waals surface area contributed by atoms with Crippen LogP contribution in [0.1, 0.15) is 19.8 Å². The first kappa shape index (κ1) is 18.7. The molecule has 2 aliphatic rings. The Balaban J connectivity index is 2.12. The molecule has 1 heterocycles. The fraction of sp³-hybridized carbons (Fsp3) is 0.316. The normalized spacial score (nSPS) is 25.8. The number of halogens is 2. The van der Waals surface area contributed by atoms with Gasteiger partial charge in [-0.25, -0.2) is 9.69 Å². The molecule has 5 nitrogen and oxygen atoms in total. The van der Waals surface area contributed by atoms with Gasteiger partial charge in [0.15, 0.2) is 0 Å². The Labute approximate surface area is 161 Å². The van der Waals surface area contributed by atoms with E-state index in [-0.39, 0.29) is 17.5 Å². The van der Waals surface area contributed by atoms with E-state index >= 15 is 0 Å². The Bertz CT molecular complexity index is 818. The minimum absolute atomic E-state index is 0.157. The molecule has 0 aromatic heterocycles.